The maximum absolute atomic E-state index is 4.92. The van der Waals surface area contributed by atoms with Crippen LogP contribution in [0, 0.1) is 12.3 Å². The lowest BCUT2D eigenvalue weighted by Crippen LogP contribution is -2.09. The first-order valence-electron chi connectivity index (χ1n) is 14.2. The van der Waals surface area contributed by atoms with Crippen LogP contribution in [0.1, 0.15) is 69.1 Å². The normalized spacial score (nSPS) is 15.5. The standard InChI is InChI=1S/C35H33N3/c1-20-25-11-9-21(18-35(2,3)4)15-24(25)17-28-32-31-29(36-19-37-32)13-12-26-27-16-23(22-7-5-6-8-22)10-14-30(27)38(33(20)28)34(26)31/h9-17,19,22H,5-8,18H2,1-4H3. The fraction of sp³-hybridized carbons (Fsp3) is 0.314. The summed E-state index contributed by atoms with van der Waals surface area (Å²) in [6, 6.07) is 21.2. The van der Waals surface area contributed by atoms with Gasteiger partial charge in [0.2, 0.25) is 0 Å². The molecule has 8 rings (SSSR count). The van der Waals surface area contributed by atoms with Crippen LogP contribution in [-0.4, -0.2) is 14.4 Å². The Hall–Kier alpha value is -3.72. The number of nitrogens with zero attached hydrogens (tertiary/aromatic N) is 3. The maximum Gasteiger partial charge on any atom is 0.116 e. The summed E-state index contributed by atoms with van der Waals surface area (Å²) < 4.78 is 2.52. The largest absolute Gasteiger partial charge is 0.308 e. The maximum atomic E-state index is 4.92. The lowest BCUT2D eigenvalue weighted by molar-refractivity contribution is 0.411. The Morgan fingerprint density at radius 1 is 0.816 bits per heavy atom. The van der Waals surface area contributed by atoms with Gasteiger partial charge in [-0.2, -0.15) is 0 Å². The van der Waals surface area contributed by atoms with E-state index in [2.05, 4.69) is 86.7 Å². The van der Waals surface area contributed by atoms with Crippen LogP contribution in [-0.2, 0) is 6.42 Å². The molecule has 0 spiro atoms. The van der Waals surface area contributed by atoms with Crippen molar-refractivity contribution in [2.75, 3.05) is 0 Å². The van der Waals surface area contributed by atoms with Crippen LogP contribution in [0.2, 0.25) is 0 Å². The predicted octanol–water partition coefficient (Wildman–Crippen LogP) is 9.49. The van der Waals surface area contributed by atoms with Gasteiger partial charge in [0.05, 0.1) is 33.0 Å². The predicted molar refractivity (Wildman–Crippen MR) is 161 cm³/mol. The molecular weight excluding hydrogens is 462 g/mol. The topological polar surface area (TPSA) is 30.2 Å². The molecule has 0 aliphatic heterocycles. The third-order valence-electron chi connectivity index (χ3n) is 9.02. The van der Waals surface area contributed by atoms with Crippen LogP contribution in [0.25, 0.3) is 59.9 Å². The number of aryl methyl sites for hydroxylation is 1. The van der Waals surface area contributed by atoms with Crippen molar-refractivity contribution in [1.29, 1.82) is 0 Å². The lowest BCUT2D eigenvalue weighted by Gasteiger charge is -2.19. The van der Waals surface area contributed by atoms with Crippen molar-refractivity contribution in [1.82, 2.24) is 14.4 Å². The first-order chi connectivity index (χ1) is 18.4. The minimum atomic E-state index is 0.252. The third-order valence-corrected chi connectivity index (χ3v) is 9.02. The Morgan fingerprint density at radius 2 is 1.63 bits per heavy atom. The zero-order valence-electron chi connectivity index (χ0n) is 22.7. The molecule has 3 heteroatoms. The van der Waals surface area contributed by atoms with E-state index in [1.54, 1.807) is 6.33 Å². The molecule has 1 saturated carbocycles. The van der Waals surface area contributed by atoms with E-state index >= 15 is 0 Å². The van der Waals surface area contributed by atoms with Crippen LogP contribution in [0.4, 0.5) is 0 Å². The van der Waals surface area contributed by atoms with Gasteiger partial charge in [0.15, 0.2) is 0 Å². The van der Waals surface area contributed by atoms with E-state index in [4.69, 9.17) is 9.97 Å². The summed E-state index contributed by atoms with van der Waals surface area (Å²) in [4.78, 5) is 9.62. The highest BCUT2D eigenvalue weighted by Gasteiger charge is 2.23. The molecule has 4 aromatic carbocycles. The zero-order valence-corrected chi connectivity index (χ0v) is 22.7. The molecular formula is C35H33N3. The summed E-state index contributed by atoms with van der Waals surface area (Å²) in [5.74, 6) is 0.697. The minimum absolute atomic E-state index is 0.252. The third kappa shape index (κ3) is 3.08. The quantitative estimate of drug-likeness (QED) is 0.177. The highest BCUT2D eigenvalue weighted by molar-refractivity contribution is 6.28. The molecule has 0 unspecified atom stereocenters. The van der Waals surface area contributed by atoms with Crippen molar-refractivity contribution in [3.05, 3.63) is 77.6 Å². The number of fused-ring (bicyclic) bond motifs is 7. The van der Waals surface area contributed by atoms with Gasteiger partial charge in [0.25, 0.3) is 0 Å². The Kier molecular flexibility index (Phi) is 4.49. The van der Waals surface area contributed by atoms with Gasteiger partial charge >= 0.3 is 0 Å². The van der Waals surface area contributed by atoms with Crippen LogP contribution in [0.3, 0.4) is 0 Å². The van der Waals surface area contributed by atoms with E-state index < -0.39 is 0 Å². The van der Waals surface area contributed by atoms with Crippen LogP contribution >= 0.6 is 0 Å². The molecule has 0 N–H and O–H groups in total. The van der Waals surface area contributed by atoms with Gasteiger partial charge in [-0.25, -0.2) is 9.97 Å². The first kappa shape index (κ1) is 22.3. The molecule has 1 fully saturated rings. The summed E-state index contributed by atoms with van der Waals surface area (Å²) >= 11 is 0. The Balaban J connectivity index is 1.54. The second kappa shape index (κ2) is 7.66. The molecule has 1 aliphatic rings. The van der Waals surface area contributed by atoms with Gasteiger partial charge < -0.3 is 4.40 Å². The van der Waals surface area contributed by atoms with Gasteiger partial charge in [-0.1, -0.05) is 57.9 Å². The van der Waals surface area contributed by atoms with Crippen molar-refractivity contribution >= 4 is 59.9 Å². The van der Waals surface area contributed by atoms with Crippen molar-refractivity contribution in [3.8, 4) is 0 Å². The summed E-state index contributed by atoms with van der Waals surface area (Å²) in [7, 11) is 0. The fourth-order valence-corrected chi connectivity index (χ4v) is 7.44. The van der Waals surface area contributed by atoms with E-state index in [0.717, 1.165) is 17.5 Å². The second-order valence-electron chi connectivity index (χ2n) is 12.9. The smallest absolute Gasteiger partial charge is 0.116 e. The van der Waals surface area contributed by atoms with Gasteiger partial charge in [-0.3, -0.25) is 0 Å². The average Bonchev–Trinajstić information content (AvgIpc) is 3.54. The van der Waals surface area contributed by atoms with E-state index in [-0.39, 0.29) is 5.41 Å². The molecule has 188 valence electrons. The molecule has 0 atom stereocenters. The fourth-order valence-electron chi connectivity index (χ4n) is 7.44. The van der Waals surface area contributed by atoms with Crippen molar-refractivity contribution < 1.29 is 0 Å². The minimum Gasteiger partial charge on any atom is -0.308 e. The number of aromatic nitrogens is 3. The Labute approximate surface area is 222 Å². The number of pyridine rings is 1. The van der Waals surface area contributed by atoms with Crippen LogP contribution in [0.15, 0.2) is 60.9 Å². The number of benzene rings is 4. The SMILES string of the molecule is Cc1c2ccc(CC(C)(C)C)cc2cc2c3ncnc4ccc5c6cc(C7CCCC7)ccc6n(c12)c5c43. The number of rotatable bonds is 2. The summed E-state index contributed by atoms with van der Waals surface area (Å²) in [6.07, 6.45) is 8.14. The molecule has 3 heterocycles. The van der Waals surface area contributed by atoms with Gasteiger partial charge in [0, 0.05) is 16.2 Å². The molecule has 0 bridgehead atoms. The van der Waals surface area contributed by atoms with Crippen LogP contribution in [0.5, 0.6) is 0 Å². The highest BCUT2D eigenvalue weighted by Crippen LogP contribution is 2.44. The van der Waals surface area contributed by atoms with E-state index in [9.17, 15) is 0 Å². The molecule has 3 nitrogen and oxygen atoms in total. The highest BCUT2D eigenvalue weighted by atomic mass is 14.9. The van der Waals surface area contributed by atoms with Gasteiger partial charge in [-0.15, -0.1) is 0 Å². The Morgan fingerprint density at radius 3 is 2.45 bits per heavy atom. The summed E-state index contributed by atoms with van der Waals surface area (Å²) in [5, 5.41) is 7.69. The zero-order chi connectivity index (χ0) is 25.8. The molecule has 38 heavy (non-hydrogen) atoms. The molecule has 0 amide bonds. The number of hydrogen-bond acceptors (Lipinski definition) is 2. The number of hydrogen-bond donors (Lipinski definition) is 0. The average molecular weight is 496 g/mol. The van der Waals surface area contributed by atoms with Crippen molar-refractivity contribution in [3.63, 3.8) is 0 Å². The van der Waals surface area contributed by atoms with Gasteiger partial charge in [0.1, 0.15) is 6.33 Å². The first-order valence-corrected chi connectivity index (χ1v) is 14.2. The monoisotopic (exact) mass is 495 g/mol. The van der Waals surface area contributed by atoms with Gasteiger partial charge in [-0.05, 0) is 95.3 Å². The molecule has 7 aromatic rings. The summed E-state index contributed by atoms with van der Waals surface area (Å²) in [6.45, 7) is 9.22. The van der Waals surface area contributed by atoms with E-state index in [1.807, 2.05) is 0 Å². The van der Waals surface area contributed by atoms with E-state index in [1.165, 1.54) is 91.2 Å². The lowest BCUT2D eigenvalue weighted by atomic mass is 9.87. The van der Waals surface area contributed by atoms with Crippen molar-refractivity contribution in [2.45, 2.75) is 65.7 Å². The summed E-state index contributed by atoms with van der Waals surface area (Å²) in [5.41, 5.74) is 10.4. The van der Waals surface area contributed by atoms with Crippen molar-refractivity contribution in [2.24, 2.45) is 5.41 Å². The molecule has 0 saturated heterocycles. The van der Waals surface area contributed by atoms with E-state index in [0.29, 0.717) is 5.92 Å². The molecule has 0 radical (unpaired) electrons. The molecule has 1 aliphatic carbocycles. The Bertz CT molecular complexity index is 2050. The second-order valence-corrected chi connectivity index (χ2v) is 12.9. The molecule has 3 aromatic heterocycles. The van der Waals surface area contributed by atoms with Crippen LogP contribution < -0.4 is 0 Å².